The molecular formula is C35H43N5O5S. The van der Waals surface area contributed by atoms with E-state index in [9.17, 15) is 24.3 Å². The van der Waals surface area contributed by atoms with Gasteiger partial charge in [0.15, 0.2) is 6.10 Å². The van der Waals surface area contributed by atoms with Gasteiger partial charge in [-0.25, -0.2) is 0 Å². The van der Waals surface area contributed by atoms with Crippen molar-refractivity contribution in [3.63, 3.8) is 0 Å². The summed E-state index contributed by atoms with van der Waals surface area (Å²) in [5, 5.41) is 20.2. The molecule has 1 unspecified atom stereocenters. The molecule has 0 saturated carbocycles. The van der Waals surface area contributed by atoms with Crippen molar-refractivity contribution in [3.05, 3.63) is 101 Å². The van der Waals surface area contributed by atoms with Gasteiger partial charge in [0.1, 0.15) is 17.8 Å². The van der Waals surface area contributed by atoms with Crippen LogP contribution < -0.4 is 16.0 Å². The fourth-order valence-corrected chi connectivity index (χ4v) is 6.61. The lowest BCUT2D eigenvalue weighted by Crippen LogP contribution is -2.60. The van der Waals surface area contributed by atoms with E-state index in [4.69, 9.17) is 0 Å². The maximum absolute atomic E-state index is 14.0. The van der Waals surface area contributed by atoms with Crippen molar-refractivity contribution in [2.24, 2.45) is 5.92 Å². The SMILES string of the molecule is Cc1ccccc1CNC(=O)C1N(C(=O)[C@@H](O)[C@H](Cc2ccccc2)NC(=O)[C@@H](NC(=O)c2ccccn2)C(C)C)CSC1(C)C. The van der Waals surface area contributed by atoms with Gasteiger partial charge in [0.05, 0.1) is 11.9 Å². The monoisotopic (exact) mass is 645 g/mol. The van der Waals surface area contributed by atoms with E-state index in [1.807, 2.05) is 75.4 Å². The first-order valence-electron chi connectivity index (χ1n) is 15.4. The van der Waals surface area contributed by atoms with Crippen LogP contribution in [0.3, 0.4) is 0 Å². The van der Waals surface area contributed by atoms with Gasteiger partial charge in [-0.3, -0.25) is 24.2 Å². The van der Waals surface area contributed by atoms with E-state index in [1.165, 1.54) is 22.9 Å². The van der Waals surface area contributed by atoms with Gasteiger partial charge in [-0.15, -0.1) is 11.8 Å². The summed E-state index contributed by atoms with van der Waals surface area (Å²) in [5.74, 6) is -2.15. The fourth-order valence-electron chi connectivity index (χ4n) is 5.47. The summed E-state index contributed by atoms with van der Waals surface area (Å²) in [5.41, 5.74) is 2.97. The molecule has 1 aliphatic heterocycles. The molecule has 0 radical (unpaired) electrons. The summed E-state index contributed by atoms with van der Waals surface area (Å²) in [4.78, 5) is 59.6. The van der Waals surface area contributed by atoms with Crippen LogP contribution in [0.1, 0.15) is 54.9 Å². The molecule has 4 N–H and O–H groups in total. The van der Waals surface area contributed by atoms with Crippen molar-refractivity contribution in [1.82, 2.24) is 25.8 Å². The van der Waals surface area contributed by atoms with E-state index < -0.39 is 46.7 Å². The average molecular weight is 646 g/mol. The molecule has 4 atom stereocenters. The van der Waals surface area contributed by atoms with E-state index >= 15 is 0 Å². The number of amides is 4. The van der Waals surface area contributed by atoms with Crippen LogP contribution in [0.4, 0.5) is 0 Å². The molecule has 0 spiro atoms. The Labute approximate surface area is 274 Å². The van der Waals surface area contributed by atoms with Crippen LogP contribution in [0.15, 0.2) is 79.0 Å². The van der Waals surface area contributed by atoms with Crippen LogP contribution in [0.5, 0.6) is 0 Å². The van der Waals surface area contributed by atoms with Gasteiger partial charge in [-0.05, 0) is 61.9 Å². The Morgan fingerprint density at radius 3 is 2.30 bits per heavy atom. The summed E-state index contributed by atoms with van der Waals surface area (Å²) in [7, 11) is 0. The molecule has 0 bridgehead atoms. The molecule has 3 aromatic rings. The van der Waals surface area contributed by atoms with Crippen LogP contribution in [-0.4, -0.2) is 73.5 Å². The molecule has 10 nitrogen and oxygen atoms in total. The predicted molar refractivity (Wildman–Crippen MR) is 179 cm³/mol. The van der Waals surface area contributed by atoms with E-state index in [0.29, 0.717) is 6.54 Å². The normalized spacial score (nSPS) is 17.5. The molecule has 1 saturated heterocycles. The number of aromatic nitrogens is 1. The number of benzene rings is 2. The second-order valence-electron chi connectivity index (χ2n) is 12.4. The highest BCUT2D eigenvalue weighted by atomic mass is 32.2. The molecule has 244 valence electrons. The van der Waals surface area contributed by atoms with Gasteiger partial charge >= 0.3 is 0 Å². The van der Waals surface area contributed by atoms with Crippen molar-refractivity contribution >= 4 is 35.4 Å². The van der Waals surface area contributed by atoms with Gasteiger partial charge in [0.2, 0.25) is 11.8 Å². The minimum atomic E-state index is -1.66. The molecule has 1 aromatic heterocycles. The Hall–Kier alpha value is -4.22. The number of hydrogen-bond donors (Lipinski definition) is 4. The zero-order valence-electron chi connectivity index (χ0n) is 26.9. The number of pyridine rings is 1. The summed E-state index contributed by atoms with van der Waals surface area (Å²) in [6.07, 6.45) is -0.0251. The Morgan fingerprint density at radius 2 is 1.65 bits per heavy atom. The van der Waals surface area contributed by atoms with E-state index in [2.05, 4.69) is 20.9 Å². The number of nitrogens with one attached hydrogen (secondary N) is 3. The van der Waals surface area contributed by atoms with Crippen LogP contribution in [0.2, 0.25) is 0 Å². The summed E-state index contributed by atoms with van der Waals surface area (Å²) < 4.78 is -0.623. The Bertz CT molecular complexity index is 1520. The molecule has 0 aliphatic carbocycles. The molecule has 11 heteroatoms. The molecule has 2 aromatic carbocycles. The summed E-state index contributed by atoms with van der Waals surface area (Å²) in [6, 6.07) is 19.0. The average Bonchev–Trinajstić information content (AvgIpc) is 3.37. The number of carbonyl (C=O) groups excluding carboxylic acids is 4. The molecular weight excluding hydrogens is 602 g/mol. The third-order valence-corrected chi connectivity index (χ3v) is 9.56. The zero-order chi connectivity index (χ0) is 33.4. The summed E-state index contributed by atoms with van der Waals surface area (Å²) >= 11 is 1.45. The third-order valence-electron chi connectivity index (χ3n) is 8.19. The minimum Gasteiger partial charge on any atom is -0.381 e. The summed E-state index contributed by atoms with van der Waals surface area (Å²) in [6.45, 7) is 9.66. The Balaban J connectivity index is 1.54. The van der Waals surface area contributed by atoms with Gasteiger partial charge < -0.3 is 26.0 Å². The number of thioether (sulfide) groups is 1. The first kappa shape index (κ1) is 34.6. The van der Waals surface area contributed by atoms with Crippen molar-refractivity contribution in [2.45, 2.75) is 76.6 Å². The maximum Gasteiger partial charge on any atom is 0.270 e. The number of aryl methyl sites for hydroxylation is 1. The molecule has 1 aliphatic rings. The van der Waals surface area contributed by atoms with Crippen molar-refractivity contribution in [1.29, 1.82) is 0 Å². The zero-order valence-corrected chi connectivity index (χ0v) is 27.7. The van der Waals surface area contributed by atoms with Crippen molar-refractivity contribution < 1.29 is 24.3 Å². The maximum atomic E-state index is 14.0. The minimum absolute atomic E-state index is 0.146. The van der Waals surface area contributed by atoms with E-state index in [1.54, 1.807) is 32.0 Å². The first-order valence-corrected chi connectivity index (χ1v) is 16.4. The van der Waals surface area contributed by atoms with Crippen LogP contribution >= 0.6 is 11.8 Å². The second kappa shape index (κ2) is 15.4. The molecule has 2 heterocycles. The highest BCUT2D eigenvalue weighted by Gasteiger charge is 2.50. The topological polar surface area (TPSA) is 141 Å². The van der Waals surface area contributed by atoms with Crippen LogP contribution in [-0.2, 0) is 27.3 Å². The van der Waals surface area contributed by atoms with Gasteiger partial charge in [0, 0.05) is 17.5 Å². The lowest BCUT2D eigenvalue weighted by atomic mass is 9.96. The number of aliphatic hydroxyl groups is 1. The van der Waals surface area contributed by atoms with Gasteiger partial charge in [-0.2, -0.15) is 0 Å². The quantitative estimate of drug-likeness (QED) is 0.237. The lowest BCUT2D eigenvalue weighted by molar-refractivity contribution is -0.148. The Morgan fingerprint density at radius 1 is 0.978 bits per heavy atom. The molecule has 4 amide bonds. The van der Waals surface area contributed by atoms with Crippen LogP contribution in [0, 0.1) is 12.8 Å². The molecule has 4 rings (SSSR count). The highest BCUT2D eigenvalue weighted by Crippen LogP contribution is 2.40. The predicted octanol–water partition coefficient (Wildman–Crippen LogP) is 3.23. The van der Waals surface area contributed by atoms with Gasteiger partial charge in [-0.1, -0.05) is 74.5 Å². The number of rotatable bonds is 12. The molecule has 1 fully saturated rings. The van der Waals surface area contributed by atoms with Crippen molar-refractivity contribution in [3.8, 4) is 0 Å². The largest absolute Gasteiger partial charge is 0.381 e. The molecule has 46 heavy (non-hydrogen) atoms. The fraction of sp³-hybridized carbons (Fsp3) is 0.400. The standard InChI is InChI=1S/C35H43N5O5S/c1-22(2)28(39-31(42)26-17-11-12-18-36-26)32(43)38-27(19-24-14-7-6-8-15-24)29(41)34(45)40-21-46-35(4,5)30(40)33(44)37-20-25-16-10-9-13-23(25)3/h6-18,22,27-30,41H,19-21H2,1-5H3,(H,37,44)(H,38,43)(H,39,42)/t27-,28-,29-,30?/m0/s1. The third kappa shape index (κ3) is 8.52. The number of carbonyl (C=O) groups is 4. The van der Waals surface area contributed by atoms with E-state index in [0.717, 1.165) is 16.7 Å². The number of aliphatic hydroxyl groups excluding tert-OH is 1. The van der Waals surface area contributed by atoms with Crippen molar-refractivity contribution in [2.75, 3.05) is 5.88 Å². The highest BCUT2D eigenvalue weighted by molar-refractivity contribution is 8.00. The van der Waals surface area contributed by atoms with Gasteiger partial charge in [0.25, 0.3) is 11.8 Å². The lowest BCUT2D eigenvalue weighted by Gasteiger charge is -2.34. The number of nitrogens with zero attached hydrogens (tertiary/aromatic N) is 2. The smallest absolute Gasteiger partial charge is 0.270 e. The first-order chi connectivity index (χ1) is 21.9. The Kier molecular flexibility index (Phi) is 11.6. The second-order valence-corrected chi connectivity index (χ2v) is 14.0. The van der Waals surface area contributed by atoms with Crippen LogP contribution in [0.25, 0.3) is 0 Å². The number of hydrogen-bond acceptors (Lipinski definition) is 7. The van der Waals surface area contributed by atoms with E-state index in [-0.39, 0.29) is 29.8 Å².